The maximum atomic E-state index is 13.8. The number of hydrogen-bond acceptors (Lipinski definition) is 17. The van der Waals surface area contributed by atoms with Crippen LogP contribution in [0.25, 0.3) is 28.4 Å². The normalized spacial score (nSPS) is 27.2. The van der Waals surface area contributed by atoms with Crippen molar-refractivity contribution < 1.29 is 78.9 Å². The van der Waals surface area contributed by atoms with E-state index in [0.29, 0.717) is 11.1 Å². The van der Waals surface area contributed by atoms with Crippen LogP contribution in [0.4, 0.5) is 0 Å². The Morgan fingerprint density at radius 3 is 2.13 bits per heavy atom. The van der Waals surface area contributed by atoms with Crippen LogP contribution in [0.15, 0.2) is 63.8 Å². The average Bonchev–Trinajstić information content (AvgIpc) is 3.16. The van der Waals surface area contributed by atoms with Crippen molar-refractivity contribution >= 4 is 23.0 Å². The van der Waals surface area contributed by atoms with Crippen LogP contribution >= 0.6 is 0 Å². The average molecular weight is 755 g/mol. The van der Waals surface area contributed by atoms with E-state index in [9.17, 15) is 55.5 Å². The van der Waals surface area contributed by atoms with Crippen LogP contribution in [-0.4, -0.2) is 122 Å². The van der Waals surface area contributed by atoms with Crippen molar-refractivity contribution in [3.8, 4) is 40.1 Å². The smallest absolute Gasteiger partial charge is 0.331 e. The summed E-state index contributed by atoms with van der Waals surface area (Å²) in [5.41, 5.74) is -1.84. The van der Waals surface area contributed by atoms with Crippen LogP contribution < -0.4 is 14.9 Å². The lowest BCUT2D eigenvalue weighted by Gasteiger charge is -2.42. The molecule has 0 aliphatic carbocycles. The Labute approximate surface area is 305 Å². The molecule has 0 saturated carbocycles. The lowest BCUT2D eigenvalue weighted by Crippen LogP contribution is -2.56. The van der Waals surface area contributed by atoms with Crippen molar-refractivity contribution in [1.82, 2.24) is 0 Å². The lowest BCUT2D eigenvalue weighted by atomic mass is 9.85. The van der Waals surface area contributed by atoms with Crippen LogP contribution in [0.2, 0.25) is 0 Å². The Kier molecular flexibility index (Phi) is 11.1. The number of fused-ring (bicyclic) bond motifs is 1. The second kappa shape index (κ2) is 15.6. The van der Waals surface area contributed by atoms with Gasteiger partial charge in [0.2, 0.25) is 5.75 Å². The molecule has 2 fully saturated rings. The molecule has 2 aliphatic heterocycles. The summed E-state index contributed by atoms with van der Waals surface area (Å²) in [6.45, 7) is -1.45. The molecule has 2 aliphatic rings. The number of carbonyl (C=O) groups excluding carboxylic acids is 1. The first-order valence-corrected chi connectivity index (χ1v) is 16.5. The predicted octanol–water partition coefficient (Wildman–Crippen LogP) is 0.527. The van der Waals surface area contributed by atoms with Gasteiger partial charge in [0.25, 0.3) is 0 Å². The first kappa shape index (κ1) is 38.5. The Morgan fingerprint density at radius 2 is 1.50 bits per heavy atom. The standard InChI is InChI=1S/C37H38O17/c1-49-20-10-15(11-21(50-2)28(20)43)8-9-23(41)54-37-33(48)29(44)22(13-38)53-36(37)25-30(45)24-17(39)12-19(16-6-4-3-5-7-16)52-34(24)26(31(25)46)35-32(47)27(42)18(40)14-51-35/h3-12,18,22,27,29,32-33,35-38,40,42-48H,13-14H2,1-2H3/b9-8+/t18-,22+,27-,29+,32+,33-,35+,36-,37+/m0/s1. The molecular weight excluding hydrogens is 716 g/mol. The molecule has 6 rings (SSSR count). The molecule has 17 heteroatoms. The first-order chi connectivity index (χ1) is 25.8. The van der Waals surface area contributed by atoms with Crippen LogP contribution in [0.1, 0.15) is 28.9 Å². The van der Waals surface area contributed by atoms with Gasteiger partial charge in [0, 0.05) is 17.7 Å². The highest BCUT2D eigenvalue weighted by atomic mass is 16.6. The fourth-order valence-electron chi connectivity index (χ4n) is 6.55. The van der Waals surface area contributed by atoms with Gasteiger partial charge in [-0.1, -0.05) is 30.3 Å². The van der Waals surface area contributed by atoms with Crippen LogP contribution in [0.3, 0.4) is 0 Å². The lowest BCUT2D eigenvalue weighted by molar-refractivity contribution is -0.240. The molecule has 0 radical (unpaired) electrons. The van der Waals surface area contributed by atoms with Gasteiger partial charge in [-0.2, -0.15) is 0 Å². The van der Waals surface area contributed by atoms with Gasteiger partial charge < -0.3 is 74.1 Å². The Morgan fingerprint density at radius 1 is 0.833 bits per heavy atom. The molecule has 4 aromatic rings. The van der Waals surface area contributed by atoms with E-state index < -0.39 is 113 Å². The predicted molar refractivity (Wildman–Crippen MR) is 185 cm³/mol. The number of aliphatic hydroxyl groups excluding tert-OH is 6. The number of aliphatic hydroxyl groups is 6. The van der Waals surface area contributed by atoms with E-state index in [2.05, 4.69) is 0 Å². The van der Waals surface area contributed by atoms with Gasteiger partial charge in [0.15, 0.2) is 28.6 Å². The van der Waals surface area contributed by atoms with Crippen LogP contribution in [0, 0.1) is 0 Å². The summed E-state index contributed by atoms with van der Waals surface area (Å²) in [4.78, 5) is 27.1. The third-order valence-electron chi connectivity index (χ3n) is 9.36. The van der Waals surface area contributed by atoms with E-state index in [1.807, 2.05) is 0 Å². The number of esters is 1. The topological polar surface area (TPSA) is 276 Å². The molecule has 3 heterocycles. The van der Waals surface area contributed by atoms with Gasteiger partial charge in [0.1, 0.15) is 71.5 Å². The minimum Gasteiger partial charge on any atom is -0.507 e. The van der Waals surface area contributed by atoms with E-state index in [0.717, 1.165) is 12.1 Å². The van der Waals surface area contributed by atoms with E-state index >= 15 is 0 Å². The molecule has 17 nitrogen and oxygen atoms in total. The van der Waals surface area contributed by atoms with Gasteiger partial charge in [0.05, 0.1) is 38.6 Å². The van der Waals surface area contributed by atoms with Gasteiger partial charge in [-0.3, -0.25) is 4.79 Å². The van der Waals surface area contributed by atoms with E-state index in [4.69, 9.17) is 28.1 Å². The third-order valence-corrected chi connectivity index (χ3v) is 9.36. The van der Waals surface area contributed by atoms with Gasteiger partial charge >= 0.3 is 5.97 Å². The van der Waals surface area contributed by atoms with Gasteiger partial charge in [-0.25, -0.2) is 4.79 Å². The second-order valence-electron chi connectivity index (χ2n) is 12.6. The molecule has 0 unspecified atom stereocenters. The molecule has 9 N–H and O–H groups in total. The number of aromatic hydroxyl groups is 3. The van der Waals surface area contributed by atoms with Crippen molar-refractivity contribution in [2.45, 2.75) is 54.9 Å². The molecule has 3 aromatic carbocycles. The number of methoxy groups -OCH3 is 2. The number of hydrogen-bond donors (Lipinski definition) is 9. The van der Waals surface area contributed by atoms with Crippen LogP contribution in [-0.2, 0) is 19.0 Å². The number of rotatable bonds is 9. The number of benzene rings is 3. The highest BCUT2D eigenvalue weighted by Gasteiger charge is 2.50. The van der Waals surface area contributed by atoms with Gasteiger partial charge in [-0.15, -0.1) is 0 Å². The largest absolute Gasteiger partial charge is 0.507 e. The summed E-state index contributed by atoms with van der Waals surface area (Å²) in [6, 6.07) is 12.1. The zero-order valence-electron chi connectivity index (χ0n) is 28.7. The minimum absolute atomic E-state index is 0.0178. The number of phenols is 3. The van der Waals surface area contributed by atoms with E-state index in [1.165, 1.54) is 32.4 Å². The van der Waals surface area contributed by atoms with Crippen molar-refractivity contribution in [1.29, 1.82) is 0 Å². The van der Waals surface area contributed by atoms with Gasteiger partial charge in [-0.05, 0) is 23.8 Å². The second-order valence-corrected chi connectivity index (χ2v) is 12.6. The Bertz CT molecular complexity index is 2070. The molecular formula is C37H38O17. The van der Waals surface area contributed by atoms with E-state index in [-0.39, 0.29) is 23.0 Å². The summed E-state index contributed by atoms with van der Waals surface area (Å²) in [5, 5.41) is 97.2. The fraction of sp³-hybridized carbons (Fsp3) is 0.351. The molecule has 1 aromatic heterocycles. The molecule has 54 heavy (non-hydrogen) atoms. The zero-order valence-corrected chi connectivity index (χ0v) is 28.7. The van der Waals surface area contributed by atoms with Crippen molar-refractivity contribution in [3.63, 3.8) is 0 Å². The van der Waals surface area contributed by atoms with E-state index in [1.54, 1.807) is 30.3 Å². The third kappa shape index (κ3) is 6.94. The highest BCUT2D eigenvalue weighted by Crippen LogP contribution is 2.51. The maximum Gasteiger partial charge on any atom is 0.331 e. The highest BCUT2D eigenvalue weighted by molar-refractivity contribution is 5.92. The SMILES string of the molecule is COc1cc(/C=C/C(=O)O[C@@H]2[C@@H](O)[C@H](O)[C@@H](CO)O[C@H]2c2c(O)c([C@H]3OC[C@H](O)[C@H](O)[C@H]3O)c3oc(-c4ccccc4)cc(=O)c3c2O)cc(OC)c1O. The molecule has 0 spiro atoms. The molecule has 288 valence electrons. The fourth-order valence-corrected chi connectivity index (χ4v) is 6.55. The Hall–Kier alpha value is -5.24. The minimum atomic E-state index is -2.03. The van der Waals surface area contributed by atoms with Crippen molar-refractivity contribution in [3.05, 3.63) is 81.5 Å². The summed E-state index contributed by atoms with van der Waals surface area (Å²) >= 11 is 0. The summed E-state index contributed by atoms with van der Waals surface area (Å²) in [7, 11) is 2.60. The summed E-state index contributed by atoms with van der Waals surface area (Å²) < 4.78 is 33.3. The molecule has 9 atom stereocenters. The molecule has 2 saturated heterocycles. The zero-order chi connectivity index (χ0) is 39.0. The summed E-state index contributed by atoms with van der Waals surface area (Å²) in [6.07, 6.45) is -14.2. The number of carbonyl (C=O) groups is 1. The Balaban J connectivity index is 1.50. The van der Waals surface area contributed by atoms with Crippen molar-refractivity contribution in [2.24, 2.45) is 0 Å². The monoisotopic (exact) mass is 754 g/mol. The molecule has 0 amide bonds. The van der Waals surface area contributed by atoms with Crippen molar-refractivity contribution in [2.75, 3.05) is 27.4 Å². The summed E-state index contributed by atoms with van der Waals surface area (Å²) in [5.74, 6) is -3.38. The molecule has 0 bridgehead atoms. The number of ether oxygens (including phenoxy) is 5. The van der Waals surface area contributed by atoms with Crippen LogP contribution in [0.5, 0.6) is 28.7 Å². The first-order valence-electron chi connectivity index (χ1n) is 16.5. The maximum absolute atomic E-state index is 13.8. The quantitative estimate of drug-likeness (QED) is 0.0832. The number of phenolic OH excluding ortho intramolecular Hbond substituents is 3.